The van der Waals surface area contributed by atoms with Crippen LogP contribution in [0.25, 0.3) is 22.0 Å². The number of carbonyl (C=O) groups is 1. The number of amides is 1. The summed E-state index contributed by atoms with van der Waals surface area (Å²) >= 11 is 0. The van der Waals surface area contributed by atoms with Crippen LogP contribution in [0.3, 0.4) is 0 Å². The molecule has 0 unspecified atom stereocenters. The fraction of sp³-hybridized carbons (Fsp3) is 0.211. The average Bonchev–Trinajstić information content (AvgIpc) is 3.32. The summed E-state index contributed by atoms with van der Waals surface area (Å²) < 4.78 is 14.8. The van der Waals surface area contributed by atoms with Crippen molar-refractivity contribution in [2.24, 2.45) is 0 Å². The van der Waals surface area contributed by atoms with Crippen LogP contribution in [0.1, 0.15) is 16.8 Å². The lowest BCUT2D eigenvalue weighted by Crippen LogP contribution is -2.22. The number of benzene rings is 2. The van der Waals surface area contributed by atoms with Crippen LogP contribution in [0.5, 0.6) is 0 Å². The zero-order valence-corrected chi connectivity index (χ0v) is 13.3. The molecule has 3 aromatic rings. The minimum absolute atomic E-state index is 0.219. The Morgan fingerprint density at radius 1 is 1.24 bits per heavy atom. The van der Waals surface area contributed by atoms with Gasteiger partial charge < -0.3 is 20.3 Å². The molecule has 1 fully saturated rings. The summed E-state index contributed by atoms with van der Waals surface area (Å²) in [7, 11) is 0. The number of aromatic amines is 1. The Morgan fingerprint density at radius 3 is 2.84 bits per heavy atom. The molecule has 126 valence electrons. The number of hydrogen-bond donors (Lipinski definition) is 3. The van der Waals surface area contributed by atoms with Crippen molar-refractivity contribution in [2.45, 2.75) is 12.5 Å². The molecule has 25 heavy (non-hydrogen) atoms. The van der Waals surface area contributed by atoms with Gasteiger partial charge in [-0.25, -0.2) is 4.39 Å². The van der Waals surface area contributed by atoms with Gasteiger partial charge in [0.25, 0.3) is 5.91 Å². The quantitative estimate of drug-likeness (QED) is 0.673. The molecule has 0 bridgehead atoms. The summed E-state index contributed by atoms with van der Waals surface area (Å²) in [4.78, 5) is 17.7. The van der Waals surface area contributed by atoms with Crippen molar-refractivity contribution in [1.29, 1.82) is 0 Å². The molecule has 0 saturated carbocycles. The first kappa shape index (κ1) is 14.5. The van der Waals surface area contributed by atoms with Crippen LogP contribution in [0.15, 0.2) is 36.5 Å². The fourth-order valence-electron chi connectivity index (χ4n) is 3.95. The molecular weight excluding hydrogens is 321 g/mol. The molecule has 3 heterocycles. The second-order valence-electron chi connectivity index (χ2n) is 6.59. The molecule has 1 saturated heterocycles. The number of hydrogen-bond acceptors (Lipinski definition) is 3. The van der Waals surface area contributed by atoms with Gasteiger partial charge >= 0.3 is 0 Å². The lowest BCUT2D eigenvalue weighted by molar-refractivity contribution is 0.103. The number of nitrogens with zero attached hydrogens (tertiary/aromatic N) is 1. The van der Waals surface area contributed by atoms with Crippen LogP contribution < -0.4 is 10.2 Å². The maximum atomic E-state index is 14.8. The summed E-state index contributed by atoms with van der Waals surface area (Å²) in [5.74, 6) is -0.575. The highest BCUT2D eigenvalue weighted by molar-refractivity contribution is 6.28. The van der Waals surface area contributed by atoms with Crippen molar-refractivity contribution in [3.63, 3.8) is 0 Å². The standard InChI is InChI=1S/C19H16FN3O2/c20-12-3-4-14-18-16(19(25)22-14)11(13-2-1-6-21-13)8-15(17(12)18)23-7-5-10(24)9-23/h1-4,6,8,10,21,24H,5,7,9H2,(H,22,25)/t10-/m1/s1. The highest BCUT2D eigenvalue weighted by Crippen LogP contribution is 2.45. The third-order valence-corrected chi connectivity index (χ3v) is 5.08. The van der Waals surface area contributed by atoms with E-state index in [9.17, 15) is 14.3 Å². The summed E-state index contributed by atoms with van der Waals surface area (Å²) in [6.45, 7) is 1.12. The van der Waals surface area contributed by atoms with E-state index in [-0.39, 0.29) is 11.7 Å². The van der Waals surface area contributed by atoms with E-state index in [1.54, 1.807) is 12.3 Å². The minimum Gasteiger partial charge on any atom is -0.391 e. The highest BCUT2D eigenvalue weighted by Gasteiger charge is 2.32. The van der Waals surface area contributed by atoms with Gasteiger partial charge in [0.2, 0.25) is 0 Å². The predicted octanol–water partition coefficient (Wildman–Crippen LogP) is 3.11. The van der Waals surface area contributed by atoms with Gasteiger partial charge in [-0.15, -0.1) is 0 Å². The molecule has 0 radical (unpaired) electrons. The molecule has 2 aliphatic rings. The normalized spacial score (nSPS) is 19.0. The van der Waals surface area contributed by atoms with Gasteiger partial charge in [-0.05, 0) is 36.8 Å². The molecule has 2 aromatic carbocycles. The maximum absolute atomic E-state index is 14.8. The summed E-state index contributed by atoms with van der Waals surface area (Å²) in [6.07, 6.45) is 2.03. The van der Waals surface area contributed by atoms with Gasteiger partial charge in [0.05, 0.1) is 11.7 Å². The maximum Gasteiger partial charge on any atom is 0.257 e. The molecule has 6 heteroatoms. The fourth-order valence-corrected chi connectivity index (χ4v) is 3.95. The van der Waals surface area contributed by atoms with Crippen LogP contribution in [-0.2, 0) is 0 Å². The average molecular weight is 337 g/mol. The third-order valence-electron chi connectivity index (χ3n) is 5.08. The van der Waals surface area contributed by atoms with Gasteiger partial charge in [0.1, 0.15) is 5.82 Å². The summed E-state index contributed by atoms with van der Waals surface area (Å²) in [5, 5.41) is 13.8. The van der Waals surface area contributed by atoms with Crippen LogP contribution in [0.2, 0.25) is 0 Å². The van der Waals surface area contributed by atoms with Crippen LogP contribution in [-0.4, -0.2) is 35.2 Å². The van der Waals surface area contributed by atoms with Crippen molar-refractivity contribution in [2.75, 3.05) is 23.3 Å². The Bertz CT molecular complexity index is 1010. The first-order chi connectivity index (χ1) is 12.1. The second-order valence-corrected chi connectivity index (χ2v) is 6.59. The van der Waals surface area contributed by atoms with Gasteiger partial charge in [-0.1, -0.05) is 0 Å². The number of rotatable bonds is 2. The van der Waals surface area contributed by atoms with E-state index in [1.165, 1.54) is 6.07 Å². The third kappa shape index (κ3) is 2.01. The van der Waals surface area contributed by atoms with Gasteiger partial charge in [-0.3, -0.25) is 4.79 Å². The monoisotopic (exact) mass is 337 g/mol. The smallest absolute Gasteiger partial charge is 0.257 e. The van der Waals surface area contributed by atoms with Crippen LogP contribution in [0, 0.1) is 5.82 Å². The first-order valence-electron chi connectivity index (χ1n) is 8.31. The van der Waals surface area contributed by atoms with E-state index >= 15 is 0 Å². The Hall–Kier alpha value is -2.86. The molecule has 0 spiro atoms. The predicted molar refractivity (Wildman–Crippen MR) is 94.5 cm³/mol. The van der Waals surface area contributed by atoms with Gasteiger partial charge in [0.15, 0.2) is 0 Å². The van der Waals surface area contributed by atoms with Crippen molar-refractivity contribution in [1.82, 2.24) is 4.98 Å². The number of aliphatic hydroxyl groups excluding tert-OH is 1. The van der Waals surface area contributed by atoms with Crippen LogP contribution >= 0.6 is 0 Å². The van der Waals surface area contributed by atoms with E-state index in [0.717, 1.165) is 16.9 Å². The highest BCUT2D eigenvalue weighted by atomic mass is 19.1. The Labute approximate surface area is 143 Å². The molecule has 1 aromatic heterocycles. The molecule has 3 N–H and O–H groups in total. The molecule has 5 nitrogen and oxygen atoms in total. The number of aromatic nitrogens is 1. The second kappa shape index (κ2) is 5.07. The number of nitrogens with one attached hydrogen (secondary N) is 2. The Balaban J connectivity index is 1.88. The summed E-state index contributed by atoms with van der Waals surface area (Å²) in [6, 6.07) is 8.61. The van der Waals surface area contributed by atoms with E-state index in [2.05, 4.69) is 10.3 Å². The van der Waals surface area contributed by atoms with E-state index < -0.39 is 6.10 Å². The number of carbonyl (C=O) groups excluding carboxylic acids is 1. The Kier molecular flexibility index (Phi) is 2.93. The first-order valence-corrected chi connectivity index (χ1v) is 8.31. The lowest BCUT2D eigenvalue weighted by Gasteiger charge is -2.22. The zero-order valence-electron chi connectivity index (χ0n) is 13.3. The van der Waals surface area contributed by atoms with Crippen molar-refractivity contribution < 1.29 is 14.3 Å². The zero-order chi connectivity index (χ0) is 17.1. The number of aliphatic hydroxyl groups is 1. The SMILES string of the molecule is O=C1Nc2ccc(F)c3c(N4CC[C@@H](O)C4)cc(-c4ccc[nH]4)c1c23. The van der Waals surface area contributed by atoms with Gasteiger partial charge in [-0.2, -0.15) is 0 Å². The van der Waals surface area contributed by atoms with Crippen molar-refractivity contribution in [3.8, 4) is 11.3 Å². The van der Waals surface area contributed by atoms with Crippen molar-refractivity contribution >= 4 is 28.1 Å². The largest absolute Gasteiger partial charge is 0.391 e. The lowest BCUT2D eigenvalue weighted by atomic mass is 9.95. The molecule has 1 atom stereocenters. The molecule has 0 aliphatic carbocycles. The van der Waals surface area contributed by atoms with Crippen molar-refractivity contribution in [3.05, 3.63) is 47.9 Å². The number of β-amino-alcohol motifs (C(OH)–C–C–N with tert-alkyl or cyclic N) is 1. The van der Waals surface area contributed by atoms with E-state index in [0.29, 0.717) is 41.5 Å². The van der Waals surface area contributed by atoms with E-state index in [4.69, 9.17) is 0 Å². The number of H-pyrrole nitrogens is 1. The number of anilines is 2. The van der Waals surface area contributed by atoms with E-state index in [1.807, 2.05) is 23.1 Å². The molecule has 5 rings (SSSR count). The molecule has 2 aliphatic heterocycles. The van der Waals surface area contributed by atoms with Crippen LogP contribution in [0.4, 0.5) is 15.8 Å². The minimum atomic E-state index is -0.417. The molecular formula is C19H16FN3O2. The summed E-state index contributed by atoms with van der Waals surface area (Å²) in [5.41, 5.74) is 3.40. The Morgan fingerprint density at radius 2 is 2.12 bits per heavy atom. The number of halogens is 1. The van der Waals surface area contributed by atoms with Gasteiger partial charge in [0, 0.05) is 52.7 Å². The molecule has 1 amide bonds. The topological polar surface area (TPSA) is 68.4 Å².